The molecule has 5 nitrogen and oxygen atoms in total. The van der Waals surface area contributed by atoms with Crippen LogP contribution in [-0.2, 0) is 0 Å². The fourth-order valence-corrected chi connectivity index (χ4v) is 1.92. The van der Waals surface area contributed by atoms with Crippen LogP contribution in [0.2, 0.25) is 0 Å². The van der Waals surface area contributed by atoms with Crippen LogP contribution in [0, 0.1) is 5.82 Å². The van der Waals surface area contributed by atoms with E-state index in [4.69, 9.17) is 0 Å². The number of amides is 1. The minimum Gasteiger partial charge on any atom is -0.351 e. The van der Waals surface area contributed by atoms with Crippen molar-refractivity contribution in [1.29, 1.82) is 0 Å². The van der Waals surface area contributed by atoms with Gasteiger partial charge in [-0.05, 0) is 18.6 Å². The molecule has 0 radical (unpaired) electrons. The van der Waals surface area contributed by atoms with E-state index in [0.29, 0.717) is 18.1 Å². The summed E-state index contributed by atoms with van der Waals surface area (Å²) in [5.74, 6) is -0.263. The Morgan fingerprint density at radius 3 is 2.82 bits per heavy atom. The first-order valence-electron chi connectivity index (χ1n) is 7.32. The normalized spacial score (nSPS) is 10.3. The van der Waals surface area contributed by atoms with Crippen molar-refractivity contribution in [3.8, 4) is 0 Å². The van der Waals surface area contributed by atoms with Crippen LogP contribution >= 0.6 is 0 Å². The van der Waals surface area contributed by atoms with Crippen molar-refractivity contribution < 1.29 is 9.18 Å². The number of nitrogens with one attached hydrogen (secondary N) is 2. The topological polar surface area (TPSA) is 66.9 Å². The van der Waals surface area contributed by atoms with Crippen molar-refractivity contribution in [3.63, 3.8) is 0 Å². The van der Waals surface area contributed by atoms with Crippen LogP contribution in [0.1, 0.15) is 36.7 Å². The number of carbonyl (C=O) groups excluding carboxylic acids is 1. The van der Waals surface area contributed by atoms with Crippen LogP contribution in [0.4, 0.5) is 15.9 Å². The number of aromatic nitrogens is 2. The van der Waals surface area contributed by atoms with Gasteiger partial charge in [0, 0.05) is 12.6 Å². The molecule has 2 rings (SSSR count). The predicted molar refractivity (Wildman–Crippen MR) is 83.6 cm³/mol. The average molecular weight is 302 g/mol. The van der Waals surface area contributed by atoms with E-state index in [-0.39, 0.29) is 17.4 Å². The number of anilines is 2. The van der Waals surface area contributed by atoms with Gasteiger partial charge in [0.15, 0.2) is 0 Å². The third-order valence-corrected chi connectivity index (χ3v) is 3.10. The highest BCUT2D eigenvalue weighted by molar-refractivity contribution is 5.92. The Labute approximate surface area is 129 Å². The first kappa shape index (κ1) is 15.9. The molecule has 1 aromatic heterocycles. The van der Waals surface area contributed by atoms with E-state index in [0.717, 1.165) is 19.3 Å². The molecule has 2 aromatic rings. The van der Waals surface area contributed by atoms with Crippen LogP contribution in [0.25, 0.3) is 0 Å². The highest BCUT2D eigenvalue weighted by atomic mass is 19.1. The van der Waals surface area contributed by atoms with Gasteiger partial charge in [-0.2, -0.15) is 0 Å². The Kier molecular flexibility index (Phi) is 5.82. The number of hydrogen-bond acceptors (Lipinski definition) is 4. The second-order valence-electron chi connectivity index (χ2n) is 4.86. The van der Waals surface area contributed by atoms with Crippen LogP contribution in [0.3, 0.4) is 0 Å². The molecule has 22 heavy (non-hydrogen) atoms. The van der Waals surface area contributed by atoms with Crippen molar-refractivity contribution in [2.45, 2.75) is 26.2 Å². The summed E-state index contributed by atoms with van der Waals surface area (Å²) in [7, 11) is 0. The van der Waals surface area contributed by atoms with Crippen molar-refractivity contribution in [1.82, 2.24) is 15.3 Å². The fourth-order valence-electron chi connectivity index (χ4n) is 1.92. The zero-order chi connectivity index (χ0) is 15.8. The summed E-state index contributed by atoms with van der Waals surface area (Å²) in [4.78, 5) is 19.9. The van der Waals surface area contributed by atoms with Crippen molar-refractivity contribution in [2.75, 3.05) is 11.9 Å². The van der Waals surface area contributed by atoms with Gasteiger partial charge in [-0.3, -0.25) is 4.79 Å². The lowest BCUT2D eigenvalue weighted by Crippen LogP contribution is -2.25. The van der Waals surface area contributed by atoms with E-state index in [2.05, 4.69) is 27.5 Å². The first-order chi connectivity index (χ1) is 10.7. The molecule has 0 spiro atoms. The lowest BCUT2D eigenvalue weighted by molar-refractivity contribution is 0.0948. The van der Waals surface area contributed by atoms with Gasteiger partial charge in [0.1, 0.15) is 23.7 Å². The van der Waals surface area contributed by atoms with Gasteiger partial charge < -0.3 is 10.6 Å². The fraction of sp³-hybridized carbons (Fsp3) is 0.312. The third kappa shape index (κ3) is 4.51. The summed E-state index contributed by atoms with van der Waals surface area (Å²) in [5.41, 5.74) is 0.556. The number of benzene rings is 1. The van der Waals surface area contributed by atoms with E-state index in [1.165, 1.54) is 18.5 Å². The summed E-state index contributed by atoms with van der Waals surface area (Å²) in [6, 6.07) is 7.78. The molecule has 6 heteroatoms. The van der Waals surface area contributed by atoms with Gasteiger partial charge in [0.25, 0.3) is 5.91 Å². The van der Waals surface area contributed by atoms with Crippen LogP contribution < -0.4 is 10.6 Å². The van der Waals surface area contributed by atoms with Gasteiger partial charge in [-0.25, -0.2) is 14.4 Å². The third-order valence-electron chi connectivity index (χ3n) is 3.10. The largest absolute Gasteiger partial charge is 0.351 e. The summed E-state index contributed by atoms with van der Waals surface area (Å²) < 4.78 is 13.6. The Morgan fingerprint density at radius 2 is 2.05 bits per heavy atom. The minimum atomic E-state index is -0.383. The van der Waals surface area contributed by atoms with Crippen LogP contribution in [0.5, 0.6) is 0 Å². The molecule has 0 bridgehead atoms. The molecule has 0 fully saturated rings. The molecule has 1 aromatic carbocycles. The Balaban J connectivity index is 2.00. The maximum absolute atomic E-state index is 13.6. The highest BCUT2D eigenvalue weighted by Gasteiger charge is 2.09. The smallest absolute Gasteiger partial charge is 0.270 e. The molecule has 1 amide bonds. The van der Waals surface area contributed by atoms with E-state index in [1.807, 2.05) is 0 Å². The SMILES string of the molecule is CCCCCNC(=O)c1cc(Nc2ccccc2F)ncn1. The number of rotatable bonds is 7. The molecule has 0 aliphatic heterocycles. The van der Waals surface area contributed by atoms with Gasteiger partial charge in [-0.15, -0.1) is 0 Å². The average Bonchev–Trinajstić information content (AvgIpc) is 2.54. The predicted octanol–water partition coefficient (Wildman–Crippen LogP) is 3.28. The molecule has 1 heterocycles. The molecule has 0 atom stereocenters. The first-order valence-corrected chi connectivity index (χ1v) is 7.32. The second-order valence-corrected chi connectivity index (χ2v) is 4.86. The van der Waals surface area contributed by atoms with Crippen LogP contribution in [-0.4, -0.2) is 22.4 Å². The molecule has 0 aliphatic rings. The Morgan fingerprint density at radius 1 is 1.23 bits per heavy atom. The summed E-state index contributed by atoms with van der Waals surface area (Å²) in [5, 5.41) is 5.64. The van der Waals surface area contributed by atoms with Gasteiger partial charge >= 0.3 is 0 Å². The lowest BCUT2D eigenvalue weighted by atomic mass is 10.2. The van der Waals surface area contributed by atoms with E-state index < -0.39 is 0 Å². The van der Waals surface area contributed by atoms with Gasteiger partial charge in [0.2, 0.25) is 0 Å². The molecule has 0 saturated heterocycles. The molecule has 0 saturated carbocycles. The molecule has 116 valence electrons. The molecular weight excluding hydrogens is 283 g/mol. The zero-order valence-corrected chi connectivity index (χ0v) is 12.5. The van der Waals surface area contributed by atoms with Crippen molar-refractivity contribution >= 4 is 17.4 Å². The van der Waals surface area contributed by atoms with E-state index in [1.54, 1.807) is 18.2 Å². The summed E-state index contributed by atoms with van der Waals surface area (Å²) >= 11 is 0. The van der Waals surface area contributed by atoms with E-state index in [9.17, 15) is 9.18 Å². The molecule has 2 N–H and O–H groups in total. The number of nitrogens with zero attached hydrogens (tertiary/aromatic N) is 2. The second kappa shape index (κ2) is 8.07. The summed E-state index contributed by atoms with van der Waals surface area (Å²) in [6.45, 7) is 2.72. The standard InChI is InChI=1S/C16H19FN4O/c1-2-3-6-9-18-16(22)14-10-15(20-11-19-14)21-13-8-5-4-7-12(13)17/h4-5,7-8,10-11H,2-3,6,9H2,1H3,(H,18,22)(H,19,20,21). The van der Waals surface area contributed by atoms with Gasteiger partial charge in [0.05, 0.1) is 5.69 Å². The lowest BCUT2D eigenvalue weighted by Gasteiger charge is -2.08. The maximum atomic E-state index is 13.6. The number of carbonyl (C=O) groups is 1. The number of para-hydroxylation sites is 1. The van der Waals surface area contributed by atoms with Crippen LogP contribution in [0.15, 0.2) is 36.7 Å². The zero-order valence-electron chi connectivity index (χ0n) is 12.5. The van der Waals surface area contributed by atoms with Crippen molar-refractivity contribution in [3.05, 3.63) is 48.2 Å². The minimum absolute atomic E-state index is 0.255. The summed E-state index contributed by atoms with van der Waals surface area (Å²) in [6.07, 6.45) is 4.39. The van der Waals surface area contributed by atoms with Gasteiger partial charge in [-0.1, -0.05) is 31.9 Å². The van der Waals surface area contributed by atoms with E-state index >= 15 is 0 Å². The molecular formula is C16H19FN4O. The molecule has 0 unspecified atom stereocenters. The number of hydrogen-bond donors (Lipinski definition) is 2. The monoisotopic (exact) mass is 302 g/mol. The Hall–Kier alpha value is -2.50. The number of halogens is 1. The quantitative estimate of drug-likeness (QED) is 0.770. The Bertz CT molecular complexity index is 633. The number of unbranched alkanes of at least 4 members (excludes halogenated alkanes) is 2. The van der Waals surface area contributed by atoms with Crippen molar-refractivity contribution in [2.24, 2.45) is 0 Å². The highest BCUT2D eigenvalue weighted by Crippen LogP contribution is 2.17. The molecule has 0 aliphatic carbocycles. The maximum Gasteiger partial charge on any atom is 0.270 e.